The first-order chi connectivity index (χ1) is 12.5. The van der Waals surface area contributed by atoms with Gasteiger partial charge in [-0.3, -0.25) is 9.59 Å². The molecule has 0 aliphatic rings. The van der Waals surface area contributed by atoms with Crippen LogP contribution in [-0.4, -0.2) is 22.2 Å². The maximum atomic E-state index is 12.2. The summed E-state index contributed by atoms with van der Waals surface area (Å²) in [6, 6.07) is 12.1. The molecule has 1 atom stereocenters. The van der Waals surface area contributed by atoms with E-state index in [0.29, 0.717) is 17.3 Å². The molecule has 2 aromatic heterocycles. The van der Waals surface area contributed by atoms with Crippen molar-refractivity contribution in [1.29, 1.82) is 0 Å². The number of aromatic nitrogens is 1. The molecule has 134 valence electrons. The van der Waals surface area contributed by atoms with Gasteiger partial charge in [0.05, 0.1) is 11.5 Å². The average molecular weight is 371 g/mol. The minimum atomic E-state index is -0.358. The maximum Gasteiger partial charge on any atom is 0.291 e. The second kappa shape index (κ2) is 7.92. The Morgan fingerprint density at radius 2 is 2.00 bits per heavy atom. The van der Waals surface area contributed by atoms with Crippen LogP contribution in [0.4, 0.5) is 11.5 Å². The van der Waals surface area contributed by atoms with E-state index in [1.165, 1.54) is 18.0 Å². The third-order valence-corrected chi connectivity index (χ3v) is 4.49. The lowest BCUT2D eigenvalue weighted by Crippen LogP contribution is -2.22. The van der Waals surface area contributed by atoms with Crippen molar-refractivity contribution in [2.45, 2.75) is 24.0 Å². The van der Waals surface area contributed by atoms with E-state index in [1.54, 1.807) is 44.2 Å². The first-order valence-electron chi connectivity index (χ1n) is 7.87. The highest BCUT2D eigenvalue weighted by Crippen LogP contribution is 2.27. The molecule has 3 rings (SSSR count). The Kier molecular flexibility index (Phi) is 5.43. The number of nitrogens with zero attached hydrogens (tertiary/aromatic N) is 1. The van der Waals surface area contributed by atoms with Crippen LogP contribution in [0.2, 0.25) is 0 Å². The van der Waals surface area contributed by atoms with Crippen LogP contribution in [-0.2, 0) is 4.79 Å². The van der Waals surface area contributed by atoms with Crippen LogP contribution in [0.5, 0.6) is 0 Å². The van der Waals surface area contributed by atoms with Gasteiger partial charge in [0.25, 0.3) is 5.91 Å². The minimum absolute atomic E-state index is 0.187. The Morgan fingerprint density at radius 3 is 2.69 bits per heavy atom. The Balaban J connectivity index is 1.60. The Labute approximate surface area is 154 Å². The third-order valence-electron chi connectivity index (χ3n) is 3.40. The molecule has 8 heteroatoms. The van der Waals surface area contributed by atoms with Crippen molar-refractivity contribution in [3.63, 3.8) is 0 Å². The zero-order chi connectivity index (χ0) is 18.5. The lowest BCUT2D eigenvalue weighted by atomic mass is 10.3. The maximum absolute atomic E-state index is 12.2. The number of hydrogen-bond acceptors (Lipinski definition) is 6. The number of thioether (sulfide) groups is 1. The molecule has 7 nitrogen and oxygen atoms in total. The van der Waals surface area contributed by atoms with E-state index in [0.717, 1.165) is 4.90 Å². The number of benzene rings is 1. The number of carbonyl (C=O) groups excluding carboxylic acids is 2. The van der Waals surface area contributed by atoms with Crippen LogP contribution in [0.15, 0.2) is 62.6 Å². The molecule has 2 amide bonds. The molecule has 0 aliphatic heterocycles. The molecular weight excluding hydrogens is 354 g/mol. The van der Waals surface area contributed by atoms with Gasteiger partial charge in [0.15, 0.2) is 11.6 Å². The van der Waals surface area contributed by atoms with E-state index in [-0.39, 0.29) is 22.8 Å². The number of anilines is 2. The van der Waals surface area contributed by atoms with Crippen LogP contribution >= 0.6 is 11.8 Å². The van der Waals surface area contributed by atoms with E-state index in [9.17, 15) is 9.59 Å². The van der Waals surface area contributed by atoms with Gasteiger partial charge in [-0.15, -0.1) is 11.8 Å². The fourth-order valence-electron chi connectivity index (χ4n) is 2.16. The van der Waals surface area contributed by atoms with Crippen molar-refractivity contribution in [2.75, 3.05) is 10.6 Å². The van der Waals surface area contributed by atoms with E-state index in [1.807, 2.05) is 12.1 Å². The highest BCUT2D eigenvalue weighted by Gasteiger charge is 2.16. The molecule has 2 N–H and O–H groups in total. The largest absolute Gasteiger partial charge is 0.459 e. The van der Waals surface area contributed by atoms with Crippen molar-refractivity contribution < 1.29 is 18.5 Å². The summed E-state index contributed by atoms with van der Waals surface area (Å²) < 4.78 is 10.00. The molecule has 3 aromatic rings. The Hall–Kier alpha value is -3.00. The van der Waals surface area contributed by atoms with Crippen molar-refractivity contribution in [3.05, 3.63) is 60.2 Å². The zero-order valence-electron chi connectivity index (χ0n) is 14.2. The van der Waals surface area contributed by atoms with E-state index in [2.05, 4.69) is 15.8 Å². The number of carbonyl (C=O) groups is 2. The predicted octanol–water partition coefficient (Wildman–Crippen LogP) is 3.95. The summed E-state index contributed by atoms with van der Waals surface area (Å²) in [4.78, 5) is 25.1. The highest BCUT2D eigenvalue weighted by molar-refractivity contribution is 8.00. The van der Waals surface area contributed by atoms with Gasteiger partial charge >= 0.3 is 0 Å². The van der Waals surface area contributed by atoms with Crippen molar-refractivity contribution in [1.82, 2.24) is 5.16 Å². The molecular formula is C18H17N3O4S. The quantitative estimate of drug-likeness (QED) is 0.637. The molecule has 0 radical (unpaired) electrons. The molecule has 1 aromatic carbocycles. The second-order valence-electron chi connectivity index (χ2n) is 5.53. The summed E-state index contributed by atoms with van der Waals surface area (Å²) in [7, 11) is 0. The molecule has 0 aliphatic carbocycles. The van der Waals surface area contributed by atoms with E-state index in [4.69, 9.17) is 8.94 Å². The molecule has 26 heavy (non-hydrogen) atoms. The smallest absolute Gasteiger partial charge is 0.291 e. The monoisotopic (exact) mass is 371 g/mol. The van der Waals surface area contributed by atoms with Crippen LogP contribution in [0, 0.1) is 6.92 Å². The molecule has 2 heterocycles. The van der Waals surface area contributed by atoms with Gasteiger partial charge in [-0.2, -0.15) is 0 Å². The summed E-state index contributed by atoms with van der Waals surface area (Å²) in [6.07, 6.45) is 1.44. The number of aryl methyl sites for hydroxylation is 1. The van der Waals surface area contributed by atoms with Crippen molar-refractivity contribution >= 4 is 35.1 Å². The van der Waals surface area contributed by atoms with Crippen LogP contribution in [0.25, 0.3) is 0 Å². The average Bonchev–Trinajstić information content (AvgIpc) is 3.27. The SMILES string of the molecule is Cc1cc(NC(=O)C(C)Sc2cccc(NC(=O)c3ccco3)c2)no1. The first kappa shape index (κ1) is 17.8. The molecule has 0 saturated heterocycles. The summed E-state index contributed by atoms with van der Waals surface area (Å²) in [6.45, 7) is 3.55. The molecule has 0 fully saturated rings. The third kappa shape index (κ3) is 4.54. The topological polar surface area (TPSA) is 97.4 Å². The normalized spacial score (nSPS) is 11.8. The minimum Gasteiger partial charge on any atom is -0.459 e. The summed E-state index contributed by atoms with van der Waals surface area (Å²) in [5, 5.41) is 8.85. The molecule has 1 unspecified atom stereocenters. The number of nitrogens with one attached hydrogen (secondary N) is 2. The lowest BCUT2D eigenvalue weighted by molar-refractivity contribution is -0.115. The van der Waals surface area contributed by atoms with E-state index < -0.39 is 0 Å². The molecule has 0 bridgehead atoms. The number of furan rings is 1. The number of amides is 2. The summed E-state index contributed by atoms with van der Waals surface area (Å²) in [5.41, 5.74) is 0.621. The predicted molar refractivity (Wildman–Crippen MR) is 98.3 cm³/mol. The highest BCUT2D eigenvalue weighted by atomic mass is 32.2. The van der Waals surface area contributed by atoms with Gasteiger partial charge in [-0.05, 0) is 44.2 Å². The molecule has 0 spiro atoms. The zero-order valence-corrected chi connectivity index (χ0v) is 15.0. The van der Waals surface area contributed by atoms with Crippen molar-refractivity contribution in [3.8, 4) is 0 Å². The van der Waals surface area contributed by atoms with E-state index >= 15 is 0 Å². The van der Waals surface area contributed by atoms with Crippen LogP contribution < -0.4 is 10.6 Å². The lowest BCUT2D eigenvalue weighted by Gasteiger charge is -2.11. The summed E-state index contributed by atoms with van der Waals surface area (Å²) >= 11 is 1.37. The first-order valence-corrected chi connectivity index (χ1v) is 8.75. The van der Waals surface area contributed by atoms with Gasteiger partial charge in [-0.25, -0.2) is 0 Å². The van der Waals surface area contributed by atoms with Gasteiger partial charge < -0.3 is 19.6 Å². The second-order valence-corrected chi connectivity index (χ2v) is 6.95. The van der Waals surface area contributed by atoms with Crippen molar-refractivity contribution in [2.24, 2.45) is 0 Å². The standard InChI is InChI=1S/C18H17N3O4S/c1-11-9-16(21-25-11)20-17(22)12(2)26-14-6-3-5-13(10-14)19-18(23)15-7-4-8-24-15/h3-10,12H,1-2H3,(H,19,23)(H,20,21,22). The fraction of sp³-hybridized carbons (Fsp3) is 0.167. The van der Waals surface area contributed by atoms with Gasteiger partial charge in [0.2, 0.25) is 5.91 Å². The Bertz CT molecular complexity index is 905. The molecule has 0 saturated carbocycles. The van der Waals surface area contributed by atoms with Crippen LogP contribution in [0.1, 0.15) is 23.2 Å². The fourth-order valence-corrected chi connectivity index (χ4v) is 3.08. The van der Waals surface area contributed by atoms with Crippen LogP contribution in [0.3, 0.4) is 0 Å². The Morgan fingerprint density at radius 1 is 1.15 bits per heavy atom. The van der Waals surface area contributed by atoms with Gasteiger partial charge in [0.1, 0.15) is 5.76 Å². The summed E-state index contributed by atoms with van der Waals surface area (Å²) in [5.74, 6) is 0.733. The number of rotatable bonds is 6. The van der Waals surface area contributed by atoms with Gasteiger partial charge in [-0.1, -0.05) is 11.2 Å². The number of hydrogen-bond donors (Lipinski definition) is 2. The van der Waals surface area contributed by atoms with Gasteiger partial charge in [0, 0.05) is 16.6 Å².